The van der Waals surface area contributed by atoms with Gasteiger partial charge in [-0.25, -0.2) is 9.97 Å². The largest absolute Gasteiger partial charge is 0.322 e. The molecule has 222 valence electrons. The lowest BCUT2D eigenvalue weighted by molar-refractivity contribution is 0.102. The van der Waals surface area contributed by atoms with Crippen molar-refractivity contribution in [3.63, 3.8) is 0 Å². The second-order valence-corrected chi connectivity index (χ2v) is 12.5. The van der Waals surface area contributed by atoms with Crippen molar-refractivity contribution in [3.05, 3.63) is 154 Å². The summed E-state index contributed by atoms with van der Waals surface area (Å²) in [7, 11) is 0. The van der Waals surface area contributed by atoms with E-state index in [1.54, 1.807) is 24.3 Å². The number of halogens is 2. The van der Waals surface area contributed by atoms with Crippen LogP contribution in [0.4, 0.5) is 11.4 Å². The Balaban J connectivity index is 1.13. The van der Waals surface area contributed by atoms with Crippen LogP contribution in [0.3, 0.4) is 0 Å². The van der Waals surface area contributed by atoms with Gasteiger partial charge < -0.3 is 10.6 Å². The minimum absolute atomic E-state index is 0.255. The van der Waals surface area contributed by atoms with Crippen molar-refractivity contribution in [1.29, 1.82) is 0 Å². The van der Waals surface area contributed by atoms with Crippen LogP contribution in [0.15, 0.2) is 142 Å². The molecule has 0 saturated heterocycles. The van der Waals surface area contributed by atoms with Gasteiger partial charge >= 0.3 is 0 Å². The number of pyridine rings is 2. The van der Waals surface area contributed by atoms with Gasteiger partial charge in [0, 0.05) is 42.2 Å². The summed E-state index contributed by atoms with van der Waals surface area (Å²) in [5, 5.41) is 7.53. The Morgan fingerprint density at radius 3 is 1.30 bits per heavy atom. The van der Waals surface area contributed by atoms with E-state index < -0.39 is 0 Å². The molecule has 2 amide bonds. The predicted octanol–water partition coefficient (Wildman–Crippen LogP) is 10.1. The summed E-state index contributed by atoms with van der Waals surface area (Å²) >= 11 is 7.05. The Kier molecular flexibility index (Phi) is 8.13. The Labute approximate surface area is 281 Å². The van der Waals surface area contributed by atoms with Gasteiger partial charge in [0.2, 0.25) is 0 Å². The fourth-order valence-corrected chi connectivity index (χ4v) is 6.15. The number of nitrogens with one attached hydrogen (secondary N) is 2. The van der Waals surface area contributed by atoms with Crippen LogP contribution in [0, 0.1) is 0 Å². The van der Waals surface area contributed by atoms with Crippen LogP contribution in [0.1, 0.15) is 20.7 Å². The molecule has 0 aliphatic carbocycles. The Hall–Kier alpha value is -5.18. The van der Waals surface area contributed by atoms with E-state index in [4.69, 9.17) is 9.97 Å². The zero-order valence-electron chi connectivity index (χ0n) is 24.2. The first-order valence-electron chi connectivity index (χ1n) is 14.5. The zero-order valence-corrected chi connectivity index (χ0v) is 27.3. The van der Waals surface area contributed by atoms with Crippen molar-refractivity contribution in [2.75, 3.05) is 10.6 Å². The summed E-state index contributed by atoms with van der Waals surface area (Å²) < 4.78 is 1.86. The van der Waals surface area contributed by atoms with Gasteiger partial charge in [0.05, 0.1) is 33.5 Å². The molecule has 0 atom stereocenters. The molecular weight excluding hydrogens is 704 g/mol. The Morgan fingerprint density at radius 2 is 0.891 bits per heavy atom. The first-order valence-corrected chi connectivity index (χ1v) is 16.0. The molecule has 46 heavy (non-hydrogen) atoms. The van der Waals surface area contributed by atoms with E-state index in [0.29, 0.717) is 33.9 Å². The second kappa shape index (κ2) is 12.7. The molecule has 0 spiro atoms. The van der Waals surface area contributed by atoms with Crippen molar-refractivity contribution >= 4 is 76.9 Å². The van der Waals surface area contributed by atoms with Crippen LogP contribution in [0.2, 0.25) is 0 Å². The summed E-state index contributed by atoms with van der Waals surface area (Å²) in [6, 6.07) is 41.6. The van der Waals surface area contributed by atoms with E-state index in [0.717, 1.165) is 41.9 Å². The van der Waals surface area contributed by atoms with Gasteiger partial charge in [-0.2, -0.15) is 0 Å². The van der Waals surface area contributed by atoms with Gasteiger partial charge in [-0.05, 0) is 72.8 Å². The molecule has 0 fully saturated rings. The molecule has 0 bridgehead atoms. The fraction of sp³-hybridized carbons (Fsp3) is 0. The first kappa shape index (κ1) is 29.5. The number of para-hydroxylation sites is 2. The van der Waals surface area contributed by atoms with Crippen molar-refractivity contribution in [3.8, 4) is 22.5 Å². The topological polar surface area (TPSA) is 84.0 Å². The van der Waals surface area contributed by atoms with Crippen LogP contribution >= 0.6 is 31.9 Å². The molecule has 5 aromatic carbocycles. The molecule has 2 heterocycles. The lowest BCUT2D eigenvalue weighted by Gasteiger charge is -2.12. The summed E-state index contributed by atoms with van der Waals surface area (Å²) in [6.07, 6.45) is 0. The van der Waals surface area contributed by atoms with Gasteiger partial charge in [0.1, 0.15) is 0 Å². The summed E-state index contributed by atoms with van der Waals surface area (Å²) in [5.41, 5.74) is 6.90. The molecule has 0 aliphatic rings. The molecule has 0 saturated carbocycles. The van der Waals surface area contributed by atoms with Crippen molar-refractivity contribution in [2.45, 2.75) is 0 Å². The van der Waals surface area contributed by atoms with Gasteiger partial charge in [0.15, 0.2) is 0 Å². The van der Waals surface area contributed by atoms with Gasteiger partial charge in [-0.1, -0.05) is 92.5 Å². The lowest BCUT2D eigenvalue weighted by atomic mass is 10.0. The Bertz CT molecular complexity index is 2130. The maximum atomic E-state index is 13.6. The molecule has 0 radical (unpaired) electrons. The van der Waals surface area contributed by atoms with Crippen LogP contribution in [0.25, 0.3) is 44.3 Å². The van der Waals surface area contributed by atoms with Crippen LogP contribution in [-0.2, 0) is 0 Å². The standard InChI is InChI=1S/C38H24Br2N4O2/c39-25-9-5-7-23(19-25)35-21-31(29-11-1-3-13-33(29)43-35)37(45)41-27-15-17-28(18-16-27)42-38(46)32-22-36(24-8-6-10-26(40)20-24)44-34-14-4-2-12-30(32)34/h1-22H,(H,41,45)(H,42,46). The van der Waals surface area contributed by atoms with Gasteiger partial charge in [-0.3, -0.25) is 9.59 Å². The SMILES string of the molecule is O=C(Nc1ccc(NC(=O)c2cc(-c3cccc(Br)c3)nc3ccccc23)cc1)c1cc(-c2cccc(Br)c2)nc2ccccc12. The third kappa shape index (κ3) is 6.18. The average Bonchev–Trinajstić information content (AvgIpc) is 3.08. The third-order valence-corrected chi connectivity index (χ3v) is 8.55. The molecule has 7 rings (SSSR count). The van der Waals surface area contributed by atoms with E-state index in [-0.39, 0.29) is 11.8 Å². The van der Waals surface area contributed by atoms with Crippen molar-refractivity contribution in [1.82, 2.24) is 9.97 Å². The zero-order chi connectivity index (χ0) is 31.6. The van der Waals surface area contributed by atoms with Crippen molar-refractivity contribution in [2.24, 2.45) is 0 Å². The number of carbonyl (C=O) groups is 2. The molecule has 0 unspecified atom stereocenters. The minimum Gasteiger partial charge on any atom is -0.322 e. The highest BCUT2D eigenvalue weighted by molar-refractivity contribution is 9.10. The van der Waals surface area contributed by atoms with Crippen molar-refractivity contribution < 1.29 is 9.59 Å². The van der Waals surface area contributed by atoms with Crippen LogP contribution < -0.4 is 10.6 Å². The number of nitrogens with zero attached hydrogens (tertiary/aromatic N) is 2. The highest BCUT2D eigenvalue weighted by Crippen LogP contribution is 2.29. The normalized spacial score (nSPS) is 11.0. The Morgan fingerprint density at radius 1 is 0.478 bits per heavy atom. The molecule has 0 aliphatic heterocycles. The van der Waals surface area contributed by atoms with Crippen LogP contribution in [0.5, 0.6) is 0 Å². The summed E-state index contributed by atoms with van der Waals surface area (Å²) in [4.78, 5) is 36.8. The highest BCUT2D eigenvalue weighted by Gasteiger charge is 2.17. The van der Waals surface area contributed by atoms with E-state index in [1.165, 1.54) is 0 Å². The summed E-state index contributed by atoms with van der Waals surface area (Å²) in [6.45, 7) is 0. The first-order chi connectivity index (χ1) is 22.4. The second-order valence-electron chi connectivity index (χ2n) is 10.7. The van der Waals surface area contributed by atoms with E-state index >= 15 is 0 Å². The van der Waals surface area contributed by atoms with E-state index in [1.807, 2.05) is 109 Å². The number of benzene rings is 5. The molecule has 2 N–H and O–H groups in total. The number of anilines is 2. The molecule has 2 aromatic heterocycles. The quantitative estimate of drug-likeness (QED) is 0.179. The monoisotopic (exact) mass is 726 g/mol. The van der Waals surface area contributed by atoms with Gasteiger partial charge in [0.25, 0.3) is 11.8 Å². The van der Waals surface area contributed by atoms with Gasteiger partial charge in [-0.15, -0.1) is 0 Å². The number of aromatic nitrogens is 2. The van der Waals surface area contributed by atoms with E-state index in [9.17, 15) is 9.59 Å². The van der Waals surface area contributed by atoms with E-state index in [2.05, 4.69) is 42.5 Å². The molecule has 7 aromatic rings. The number of fused-ring (bicyclic) bond motifs is 2. The molecular formula is C38H24Br2N4O2. The number of carbonyl (C=O) groups excluding carboxylic acids is 2. The fourth-order valence-electron chi connectivity index (χ4n) is 5.35. The number of rotatable bonds is 6. The average molecular weight is 728 g/mol. The minimum atomic E-state index is -0.255. The lowest BCUT2D eigenvalue weighted by Crippen LogP contribution is -2.14. The highest BCUT2D eigenvalue weighted by atomic mass is 79.9. The predicted molar refractivity (Wildman–Crippen MR) is 192 cm³/mol. The maximum absolute atomic E-state index is 13.6. The third-order valence-electron chi connectivity index (χ3n) is 7.56. The number of hydrogen-bond donors (Lipinski definition) is 2. The smallest absolute Gasteiger partial charge is 0.256 e. The molecule has 8 heteroatoms. The number of hydrogen-bond acceptors (Lipinski definition) is 4. The molecule has 6 nitrogen and oxygen atoms in total. The number of amides is 2. The van der Waals surface area contributed by atoms with Crippen LogP contribution in [-0.4, -0.2) is 21.8 Å². The summed E-state index contributed by atoms with van der Waals surface area (Å²) in [5.74, 6) is -0.509. The maximum Gasteiger partial charge on any atom is 0.256 e.